The van der Waals surface area contributed by atoms with Crippen LogP contribution in [0.2, 0.25) is 0 Å². The van der Waals surface area contributed by atoms with Crippen LogP contribution >= 0.6 is 22.9 Å². The Morgan fingerprint density at radius 3 is 2.85 bits per heavy atom. The quantitative estimate of drug-likeness (QED) is 0.547. The van der Waals surface area contributed by atoms with Crippen molar-refractivity contribution >= 4 is 28.6 Å². The fourth-order valence-electron chi connectivity index (χ4n) is 2.14. The molecular formula is C16H21ClN2S. The first kappa shape index (κ1) is 15.3. The molecule has 20 heavy (non-hydrogen) atoms. The first-order valence-electron chi connectivity index (χ1n) is 6.96. The van der Waals surface area contributed by atoms with Crippen LogP contribution in [-0.2, 0) is 12.3 Å². The Balaban J connectivity index is 1.73. The number of benzene rings is 1. The smallest absolute Gasteiger partial charge is 0.0928 e. The van der Waals surface area contributed by atoms with Gasteiger partial charge in [-0.15, -0.1) is 22.9 Å². The van der Waals surface area contributed by atoms with Crippen molar-refractivity contribution in [2.45, 2.75) is 32.1 Å². The van der Waals surface area contributed by atoms with E-state index in [2.05, 4.69) is 53.5 Å². The second-order valence-corrected chi connectivity index (χ2v) is 6.29. The van der Waals surface area contributed by atoms with E-state index in [9.17, 15) is 0 Å². The molecule has 0 fully saturated rings. The maximum Gasteiger partial charge on any atom is 0.0928 e. The molecule has 4 heteroatoms. The third kappa shape index (κ3) is 4.50. The summed E-state index contributed by atoms with van der Waals surface area (Å²) >= 11 is 7.48. The Morgan fingerprint density at radius 1 is 1.30 bits per heavy atom. The normalized spacial score (nSPS) is 10.8. The third-order valence-corrected chi connectivity index (χ3v) is 4.54. The van der Waals surface area contributed by atoms with Gasteiger partial charge in [0.25, 0.3) is 0 Å². The molecule has 1 heterocycles. The molecule has 0 aliphatic carbocycles. The molecule has 0 saturated carbocycles. The highest BCUT2D eigenvalue weighted by molar-refractivity contribution is 7.09. The Hall–Kier alpha value is -1.06. The Morgan fingerprint density at radius 2 is 2.15 bits per heavy atom. The highest BCUT2D eigenvalue weighted by atomic mass is 35.5. The van der Waals surface area contributed by atoms with E-state index in [-0.39, 0.29) is 0 Å². The summed E-state index contributed by atoms with van der Waals surface area (Å²) < 4.78 is 0. The van der Waals surface area contributed by atoms with Crippen LogP contribution in [0.15, 0.2) is 29.6 Å². The predicted molar refractivity (Wildman–Crippen MR) is 89.1 cm³/mol. The zero-order valence-corrected chi connectivity index (χ0v) is 13.7. The van der Waals surface area contributed by atoms with Crippen LogP contribution in [0, 0.1) is 6.92 Å². The van der Waals surface area contributed by atoms with E-state index in [4.69, 9.17) is 11.6 Å². The van der Waals surface area contributed by atoms with Gasteiger partial charge in [-0.25, -0.2) is 4.98 Å². The molecule has 0 N–H and O–H groups in total. The molecule has 0 aliphatic heterocycles. The number of unbranched alkanes of at least 4 members (excludes halogenated alkanes) is 1. The molecule has 1 aromatic carbocycles. The largest absolute Gasteiger partial charge is 0.375 e. The summed E-state index contributed by atoms with van der Waals surface area (Å²) in [5.41, 5.74) is 3.61. The Bertz CT molecular complexity index is 539. The second kappa shape index (κ2) is 7.65. The van der Waals surface area contributed by atoms with Gasteiger partial charge in [0.05, 0.1) is 16.6 Å². The number of alkyl halides is 1. The maximum absolute atomic E-state index is 5.76. The Kier molecular flexibility index (Phi) is 5.86. The summed E-state index contributed by atoms with van der Waals surface area (Å²) in [4.78, 5) is 6.81. The standard InChI is InChI=1S/C16H21ClN2S/c1-13-6-5-7-15(10-13)19(2)9-4-3-8-16-18-14(11-17)12-20-16/h5-7,10,12H,3-4,8-9,11H2,1-2H3. The van der Waals surface area contributed by atoms with E-state index < -0.39 is 0 Å². The number of hydrogen-bond acceptors (Lipinski definition) is 3. The van der Waals surface area contributed by atoms with Gasteiger partial charge in [0.2, 0.25) is 0 Å². The topological polar surface area (TPSA) is 16.1 Å². The minimum atomic E-state index is 0.520. The number of aryl methyl sites for hydroxylation is 2. The van der Waals surface area contributed by atoms with Crippen LogP contribution in [0.1, 0.15) is 29.1 Å². The molecule has 2 nitrogen and oxygen atoms in total. The van der Waals surface area contributed by atoms with Crippen LogP contribution in [0.25, 0.3) is 0 Å². The van der Waals surface area contributed by atoms with Crippen molar-refractivity contribution in [2.24, 2.45) is 0 Å². The molecular weight excluding hydrogens is 288 g/mol. The lowest BCUT2D eigenvalue weighted by atomic mass is 10.2. The fraction of sp³-hybridized carbons (Fsp3) is 0.438. The molecule has 0 unspecified atom stereocenters. The fourth-order valence-corrected chi connectivity index (χ4v) is 3.21. The number of aromatic nitrogens is 1. The van der Waals surface area contributed by atoms with E-state index in [1.807, 2.05) is 0 Å². The molecule has 0 bridgehead atoms. The van der Waals surface area contributed by atoms with Gasteiger partial charge in [-0.3, -0.25) is 0 Å². The van der Waals surface area contributed by atoms with Gasteiger partial charge in [0.15, 0.2) is 0 Å². The average molecular weight is 309 g/mol. The number of rotatable bonds is 7. The van der Waals surface area contributed by atoms with Crippen LogP contribution < -0.4 is 4.90 Å². The molecule has 0 atom stereocenters. The highest BCUT2D eigenvalue weighted by Crippen LogP contribution is 2.16. The van der Waals surface area contributed by atoms with E-state index in [0.29, 0.717) is 5.88 Å². The van der Waals surface area contributed by atoms with Crippen LogP contribution in [0.3, 0.4) is 0 Å². The molecule has 0 amide bonds. The van der Waals surface area contributed by atoms with E-state index in [0.717, 1.165) is 18.7 Å². The lowest BCUT2D eigenvalue weighted by molar-refractivity contribution is 0.716. The van der Waals surface area contributed by atoms with Gasteiger partial charge in [0.1, 0.15) is 0 Å². The van der Waals surface area contributed by atoms with Crippen molar-refractivity contribution in [1.82, 2.24) is 4.98 Å². The first-order valence-corrected chi connectivity index (χ1v) is 8.37. The second-order valence-electron chi connectivity index (χ2n) is 5.08. The molecule has 0 aliphatic rings. The Labute approximate surface area is 130 Å². The summed E-state index contributed by atoms with van der Waals surface area (Å²) in [6.45, 7) is 3.21. The van der Waals surface area contributed by atoms with Gasteiger partial charge in [-0.2, -0.15) is 0 Å². The zero-order chi connectivity index (χ0) is 14.4. The number of anilines is 1. The van der Waals surface area contributed by atoms with E-state index in [1.54, 1.807) is 11.3 Å². The monoisotopic (exact) mass is 308 g/mol. The van der Waals surface area contributed by atoms with E-state index in [1.165, 1.54) is 29.1 Å². The van der Waals surface area contributed by atoms with Gasteiger partial charge < -0.3 is 4.90 Å². The third-order valence-electron chi connectivity index (χ3n) is 3.31. The molecule has 0 spiro atoms. The van der Waals surface area contributed by atoms with Gasteiger partial charge in [-0.1, -0.05) is 12.1 Å². The summed E-state index contributed by atoms with van der Waals surface area (Å²) in [5, 5.41) is 3.26. The lowest BCUT2D eigenvalue weighted by Crippen LogP contribution is -2.18. The number of thiazole rings is 1. The summed E-state index contributed by atoms with van der Waals surface area (Å²) in [7, 11) is 2.16. The SMILES string of the molecule is Cc1cccc(N(C)CCCCc2nc(CCl)cs2)c1. The number of hydrogen-bond donors (Lipinski definition) is 0. The molecule has 0 radical (unpaired) electrons. The molecule has 108 valence electrons. The van der Waals surface area contributed by atoms with Crippen LogP contribution in [-0.4, -0.2) is 18.6 Å². The maximum atomic E-state index is 5.76. The first-order chi connectivity index (χ1) is 9.69. The molecule has 2 rings (SSSR count). The highest BCUT2D eigenvalue weighted by Gasteiger charge is 2.03. The zero-order valence-electron chi connectivity index (χ0n) is 12.1. The predicted octanol–water partition coefficient (Wildman–Crippen LogP) is 4.65. The molecule has 1 aromatic heterocycles. The van der Waals surface area contributed by atoms with Crippen molar-refractivity contribution < 1.29 is 0 Å². The van der Waals surface area contributed by atoms with Crippen molar-refractivity contribution in [3.63, 3.8) is 0 Å². The van der Waals surface area contributed by atoms with Crippen LogP contribution in [0.5, 0.6) is 0 Å². The summed E-state index contributed by atoms with van der Waals surface area (Å²) in [6, 6.07) is 8.65. The minimum absolute atomic E-state index is 0.520. The summed E-state index contributed by atoms with van der Waals surface area (Å²) in [6.07, 6.45) is 3.41. The van der Waals surface area contributed by atoms with Gasteiger partial charge >= 0.3 is 0 Å². The minimum Gasteiger partial charge on any atom is -0.375 e. The number of halogens is 1. The van der Waals surface area contributed by atoms with Crippen molar-refractivity contribution in [3.8, 4) is 0 Å². The van der Waals surface area contributed by atoms with Crippen LogP contribution in [0.4, 0.5) is 5.69 Å². The van der Waals surface area contributed by atoms with Gasteiger partial charge in [-0.05, 0) is 43.9 Å². The summed E-state index contributed by atoms with van der Waals surface area (Å²) in [5.74, 6) is 0.520. The van der Waals surface area contributed by atoms with Crippen molar-refractivity contribution in [2.75, 3.05) is 18.5 Å². The molecule has 0 saturated heterocycles. The molecule has 2 aromatic rings. The van der Waals surface area contributed by atoms with E-state index >= 15 is 0 Å². The van der Waals surface area contributed by atoms with Crippen molar-refractivity contribution in [1.29, 1.82) is 0 Å². The number of nitrogens with zero attached hydrogens (tertiary/aromatic N) is 2. The lowest BCUT2D eigenvalue weighted by Gasteiger charge is -2.19. The average Bonchev–Trinajstić information content (AvgIpc) is 2.91. The van der Waals surface area contributed by atoms with Gasteiger partial charge in [0, 0.05) is 24.7 Å². The van der Waals surface area contributed by atoms with Crippen molar-refractivity contribution in [3.05, 3.63) is 45.9 Å².